The Hall–Kier alpha value is -2.62. The predicted octanol–water partition coefficient (Wildman–Crippen LogP) is 4.37. The largest absolute Gasteiger partial charge is 0.492 e. The van der Waals surface area contributed by atoms with Crippen LogP contribution in [0.1, 0.15) is 45.1 Å². The highest BCUT2D eigenvalue weighted by Gasteiger charge is 2.52. The number of carbonyl (C=O) groups is 2. The molecule has 2 aromatic carbocycles. The van der Waals surface area contributed by atoms with E-state index in [1.165, 1.54) is 10.4 Å². The van der Waals surface area contributed by atoms with E-state index >= 15 is 0 Å². The van der Waals surface area contributed by atoms with Gasteiger partial charge in [-0.05, 0) is 75.4 Å². The maximum absolute atomic E-state index is 13.4. The second-order valence-corrected chi connectivity index (χ2v) is 11.4. The summed E-state index contributed by atoms with van der Waals surface area (Å²) in [5, 5.41) is 3.19. The monoisotopic (exact) mass is 534 g/mol. The van der Waals surface area contributed by atoms with Crippen molar-refractivity contribution in [2.75, 3.05) is 31.6 Å². The fraction of sp³-hybridized carbons (Fsp3) is 0.462. The first-order chi connectivity index (χ1) is 17.2. The van der Waals surface area contributed by atoms with Gasteiger partial charge in [0.25, 0.3) is 0 Å². The Bertz CT molecular complexity index is 1230. The van der Waals surface area contributed by atoms with Crippen molar-refractivity contribution in [3.05, 3.63) is 53.1 Å². The van der Waals surface area contributed by atoms with Crippen LogP contribution in [0.2, 0.25) is 5.02 Å². The van der Waals surface area contributed by atoms with Crippen molar-refractivity contribution in [1.82, 2.24) is 4.31 Å². The van der Waals surface area contributed by atoms with Crippen LogP contribution in [0, 0.1) is 5.92 Å². The summed E-state index contributed by atoms with van der Waals surface area (Å²) >= 11 is 6.08. The molecule has 194 valence electrons. The first kappa shape index (κ1) is 26.4. The minimum Gasteiger partial charge on any atom is -0.492 e. The molecule has 10 heteroatoms. The molecule has 1 atom stereocenters. The first-order valence-electron chi connectivity index (χ1n) is 12.2. The average molecular weight is 535 g/mol. The number of ether oxygens (including phenoxy) is 2. The number of rotatable bonds is 9. The number of piperidine rings is 1. The number of amides is 1. The smallest absolute Gasteiger partial charge is 0.316 e. The lowest BCUT2D eigenvalue weighted by molar-refractivity contribution is -0.146. The van der Waals surface area contributed by atoms with Crippen molar-refractivity contribution in [3.63, 3.8) is 0 Å². The quantitative estimate of drug-likeness (QED) is 0.479. The van der Waals surface area contributed by atoms with Gasteiger partial charge in [0.05, 0.1) is 24.5 Å². The summed E-state index contributed by atoms with van der Waals surface area (Å²) in [4.78, 5) is 25.4. The van der Waals surface area contributed by atoms with Crippen LogP contribution in [-0.2, 0) is 29.8 Å². The van der Waals surface area contributed by atoms with Crippen LogP contribution in [0.3, 0.4) is 0 Å². The number of hydrogen-bond donors (Lipinski definition) is 1. The fourth-order valence-corrected chi connectivity index (χ4v) is 6.51. The minimum atomic E-state index is -3.90. The summed E-state index contributed by atoms with van der Waals surface area (Å²) in [6.07, 6.45) is 2.64. The molecule has 1 unspecified atom stereocenters. The Kier molecular flexibility index (Phi) is 7.92. The molecule has 2 aliphatic rings. The van der Waals surface area contributed by atoms with E-state index < -0.39 is 21.4 Å². The zero-order chi connectivity index (χ0) is 25.9. The molecule has 36 heavy (non-hydrogen) atoms. The highest BCUT2D eigenvalue weighted by molar-refractivity contribution is 7.89. The molecular weight excluding hydrogens is 504 g/mol. The summed E-state index contributed by atoms with van der Waals surface area (Å²) in [5.74, 6) is -0.718. The van der Waals surface area contributed by atoms with Gasteiger partial charge in [-0.25, -0.2) is 8.42 Å². The maximum atomic E-state index is 13.4. The number of nitrogens with zero attached hydrogens (tertiary/aromatic N) is 1. The summed E-state index contributed by atoms with van der Waals surface area (Å²) in [5.41, 5.74) is 0.898. The second-order valence-electron chi connectivity index (χ2n) is 9.10. The van der Waals surface area contributed by atoms with E-state index in [0.717, 1.165) is 18.4 Å². The van der Waals surface area contributed by atoms with E-state index in [4.69, 9.17) is 21.1 Å². The molecule has 0 spiro atoms. The molecule has 2 fully saturated rings. The number of halogens is 1. The number of benzene rings is 2. The van der Waals surface area contributed by atoms with Crippen molar-refractivity contribution >= 4 is 39.2 Å². The summed E-state index contributed by atoms with van der Waals surface area (Å²) in [6, 6.07) is 11.7. The van der Waals surface area contributed by atoms with Crippen molar-refractivity contribution in [3.8, 4) is 5.75 Å². The van der Waals surface area contributed by atoms with Gasteiger partial charge in [0, 0.05) is 23.8 Å². The van der Waals surface area contributed by atoms with Crippen molar-refractivity contribution in [1.29, 1.82) is 0 Å². The number of esters is 1. The number of sulfonamides is 1. The van der Waals surface area contributed by atoms with Crippen LogP contribution in [-0.4, -0.2) is 50.9 Å². The molecule has 1 aliphatic carbocycles. The molecule has 1 amide bonds. The molecule has 0 bridgehead atoms. The average Bonchev–Trinajstić information content (AvgIpc) is 3.68. The van der Waals surface area contributed by atoms with E-state index in [9.17, 15) is 18.0 Å². The fourth-order valence-electron chi connectivity index (χ4n) is 4.59. The normalized spacial score (nSPS) is 19.4. The third-order valence-electron chi connectivity index (χ3n) is 6.70. The van der Waals surface area contributed by atoms with Crippen molar-refractivity contribution < 1.29 is 27.5 Å². The van der Waals surface area contributed by atoms with Gasteiger partial charge in [-0.1, -0.05) is 23.7 Å². The highest BCUT2D eigenvalue weighted by atomic mass is 35.5. The summed E-state index contributed by atoms with van der Waals surface area (Å²) in [7, 11) is -3.90. The first-order valence-corrected chi connectivity index (χ1v) is 14.0. The summed E-state index contributed by atoms with van der Waals surface area (Å²) in [6.45, 7) is 4.60. The van der Waals surface area contributed by atoms with Gasteiger partial charge < -0.3 is 14.8 Å². The molecule has 1 aliphatic heterocycles. The Morgan fingerprint density at radius 2 is 1.83 bits per heavy atom. The van der Waals surface area contributed by atoms with Gasteiger partial charge in [0.15, 0.2) is 0 Å². The van der Waals surface area contributed by atoms with E-state index in [1.54, 1.807) is 38.1 Å². The number of carbonyl (C=O) groups excluding carboxylic acids is 2. The molecule has 0 radical (unpaired) electrons. The number of hydrogen-bond acceptors (Lipinski definition) is 6. The zero-order valence-electron chi connectivity index (χ0n) is 20.5. The molecule has 2 aromatic rings. The SMILES string of the molecule is CCOC(=O)C1(c2ccc(NC(=O)C3CCCN(S(=O)(=O)c4cc(Cl)ccc4OCC)C3)cc2)CC1. The van der Waals surface area contributed by atoms with Crippen LogP contribution in [0.4, 0.5) is 5.69 Å². The van der Waals surface area contributed by atoms with Gasteiger partial charge in [0.2, 0.25) is 15.9 Å². The lowest BCUT2D eigenvalue weighted by Crippen LogP contribution is -2.43. The molecule has 1 N–H and O–H groups in total. The topological polar surface area (TPSA) is 102 Å². The van der Waals surface area contributed by atoms with Crippen LogP contribution in [0.25, 0.3) is 0 Å². The highest BCUT2D eigenvalue weighted by Crippen LogP contribution is 2.49. The lowest BCUT2D eigenvalue weighted by atomic mass is 9.95. The van der Waals surface area contributed by atoms with Gasteiger partial charge in [-0.3, -0.25) is 9.59 Å². The van der Waals surface area contributed by atoms with Crippen molar-refractivity contribution in [2.24, 2.45) is 5.92 Å². The Balaban J connectivity index is 1.44. The Morgan fingerprint density at radius 3 is 2.47 bits per heavy atom. The standard InChI is InChI=1S/C26H31ClN2O6S/c1-3-34-22-12-9-20(27)16-23(22)36(32,33)29-15-5-6-18(17-29)24(30)28-21-10-7-19(8-11-21)26(13-14-26)25(31)35-4-2/h7-12,16,18H,3-6,13-15,17H2,1-2H3,(H,28,30). The van der Waals surface area contributed by atoms with Gasteiger partial charge >= 0.3 is 5.97 Å². The molecule has 1 saturated heterocycles. The maximum Gasteiger partial charge on any atom is 0.316 e. The van der Waals surface area contributed by atoms with Crippen LogP contribution in [0.5, 0.6) is 5.75 Å². The second kappa shape index (κ2) is 10.8. The third-order valence-corrected chi connectivity index (χ3v) is 8.82. The van der Waals surface area contributed by atoms with Crippen LogP contribution >= 0.6 is 11.6 Å². The molecule has 4 rings (SSSR count). The van der Waals surface area contributed by atoms with E-state index in [2.05, 4.69) is 5.32 Å². The van der Waals surface area contributed by atoms with E-state index in [1.807, 2.05) is 12.1 Å². The number of anilines is 1. The Morgan fingerprint density at radius 1 is 1.11 bits per heavy atom. The van der Waals surface area contributed by atoms with Gasteiger partial charge in [-0.2, -0.15) is 4.31 Å². The van der Waals surface area contributed by atoms with Gasteiger partial charge in [-0.15, -0.1) is 0 Å². The lowest BCUT2D eigenvalue weighted by Gasteiger charge is -2.31. The third kappa shape index (κ3) is 5.38. The molecule has 8 nitrogen and oxygen atoms in total. The predicted molar refractivity (Wildman–Crippen MR) is 137 cm³/mol. The Labute approximate surface area is 217 Å². The molecule has 1 heterocycles. The van der Waals surface area contributed by atoms with E-state index in [0.29, 0.717) is 43.3 Å². The zero-order valence-corrected chi connectivity index (χ0v) is 22.0. The van der Waals surface area contributed by atoms with Crippen LogP contribution in [0.15, 0.2) is 47.4 Å². The van der Waals surface area contributed by atoms with Crippen molar-refractivity contribution in [2.45, 2.75) is 49.8 Å². The molecule has 0 aromatic heterocycles. The molecular formula is C26H31ClN2O6S. The van der Waals surface area contributed by atoms with Crippen LogP contribution < -0.4 is 10.1 Å². The van der Waals surface area contributed by atoms with Gasteiger partial charge in [0.1, 0.15) is 10.6 Å². The number of nitrogens with one attached hydrogen (secondary N) is 1. The summed E-state index contributed by atoms with van der Waals surface area (Å²) < 4.78 is 38.9. The van der Waals surface area contributed by atoms with E-state index in [-0.39, 0.29) is 29.1 Å². The minimum absolute atomic E-state index is 0.00380. The molecule has 1 saturated carbocycles.